The Bertz CT molecular complexity index is 456. The van der Waals surface area contributed by atoms with E-state index in [0.717, 1.165) is 12.0 Å². The first-order valence-electron chi connectivity index (χ1n) is 7.25. The molecule has 1 aromatic carbocycles. The average Bonchev–Trinajstić information content (AvgIpc) is 2.51. The van der Waals surface area contributed by atoms with Crippen LogP contribution in [0, 0.1) is 0 Å². The van der Waals surface area contributed by atoms with Crippen LogP contribution in [-0.4, -0.2) is 42.7 Å². The maximum absolute atomic E-state index is 12.4. The third-order valence-electron chi connectivity index (χ3n) is 3.14. The molecular weight excluding hydrogens is 270 g/mol. The SMILES string of the molecule is CCOC(=O)CC(NCCO)C(=O)c1ccc(CC)cc1. The van der Waals surface area contributed by atoms with Crippen molar-refractivity contribution in [1.82, 2.24) is 5.32 Å². The van der Waals surface area contributed by atoms with Gasteiger partial charge in [0.05, 0.1) is 25.7 Å². The number of aliphatic hydroxyl groups is 1. The van der Waals surface area contributed by atoms with Gasteiger partial charge in [-0.25, -0.2) is 0 Å². The van der Waals surface area contributed by atoms with Crippen LogP contribution in [-0.2, 0) is 16.0 Å². The molecule has 5 nitrogen and oxygen atoms in total. The van der Waals surface area contributed by atoms with E-state index in [4.69, 9.17) is 9.84 Å². The quantitative estimate of drug-likeness (QED) is 0.531. The molecule has 0 aliphatic carbocycles. The van der Waals surface area contributed by atoms with E-state index in [1.807, 2.05) is 19.1 Å². The minimum absolute atomic E-state index is 0.0395. The van der Waals surface area contributed by atoms with Gasteiger partial charge in [-0.1, -0.05) is 31.2 Å². The molecule has 0 bridgehead atoms. The van der Waals surface area contributed by atoms with Crippen molar-refractivity contribution in [3.8, 4) is 0 Å². The van der Waals surface area contributed by atoms with Crippen LogP contribution >= 0.6 is 0 Å². The fraction of sp³-hybridized carbons (Fsp3) is 0.500. The largest absolute Gasteiger partial charge is 0.466 e. The van der Waals surface area contributed by atoms with Crippen LogP contribution in [0.1, 0.15) is 36.2 Å². The highest BCUT2D eigenvalue weighted by Gasteiger charge is 2.23. The van der Waals surface area contributed by atoms with Gasteiger partial charge in [0.25, 0.3) is 0 Å². The Morgan fingerprint density at radius 2 is 1.90 bits per heavy atom. The molecule has 0 spiro atoms. The summed E-state index contributed by atoms with van der Waals surface area (Å²) in [5.41, 5.74) is 1.70. The predicted molar refractivity (Wildman–Crippen MR) is 80.3 cm³/mol. The maximum Gasteiger partial charge on any atom is 0.307 e. The number of ketones is 1. The standard InChI is InChI=1S/C16H23NO4/c1-3-12-5-7-13(8-6-12)16(20)14(17-9-10-18)11-15(19)21-4-2/h5-8,14,17-18H,3-4,9-11H2,1-2H3. The summed E-state index contributed by atoms with van der Waals surface area (Å²) >= 11 is 0. The van der Waals surface area contributed by atoms with Gasteiger partial charge in [0.15, 0.2) is 5.78 Å². The molecule has 0 saturated heterocycles. The number of rotatable bonds is 9. The van der Waals surface area contributed by atoms with Crippen molar-refractivity contribution in [2.24, 2.45) is 0 Å². The van der Waals surface area contributed by atoms with Gasteiger partial charge in [-0.05, 0) is 18.9 Å². The number of hydrogen-bond acceptors (Lipinski definition) is 5. The van der Waals surface area contributed by atoms with Crippen LogP contribution < -0.4 is 5.32 Å². The summed E-state index contributed by atoms with van der Waals surface area (Å²) in [6, 6.07) is 6.66. The summed E-state index contributed by atoms with van der Waals surface area (Å²) in [4.78, 5) is 24.0. The summed E-state index contributed by atoms with van der Waals surface area (Å²) in [7, 11) is 0. The van der Waals surface area contributed by atoms with Crippen LogP contribution in [0.4, 0.5) is 0 Å². The summed E-state index contributed by atoms with van der Waals surface area (Å²) < 4.78 is 4.88. The highest BCUT2D eigenvalue weighted by atomic mass is 16.5. The highest BCUT2D eigenvalue weighted by Crippen LogP contribution is 2.10. The molecule has 0 aliphatic rings. The first-order valence-corrected chi connectivity index (χ1v) is 7.25. The molecular formula is C16H23NO4. The molecule has 0 saturated carbocycles. The Balaban J connectivity index is 2.79. The Labute approximate surface area is 125 Å². The minimum atomic E-state index is -0.677. The maximum atomic E-state index is 12.4. The van der Waals surface area contributed by atoms with E-state index in [1.54, 1.807) is 19.1 Å². The van der Waals surface area contributed by atoms with Gasteiger partial charge in [0.2, 0.25) is 0 Å². The monoisotopic (exact) mass is 293 g/mol. The Kier molecular flexibility index (Phi) is 7.64. The van der Waals surface area contributed by atoms with Gasteiger partial charge in [-0.3, -0.25) is 9.59 Å². The highest BCUT2D eigenvalue weighted by molar-refractivity contribution is 6.01. The number of ether oxygens (including phenoxy) is 1. The second-order valence-corrected chi connectivity index (χ2v) is 4.65. The number of benzene rings is 1. The molecule has 0 heterocycles. The molecule has 0 amide bonds. The lowest BCUT2D eigenvalue weighted by molar-refractivity contribution is -0.143. The van der Waals surface area contributed by atoms with Gasteiger partial charge >= 0.3 is 5.97 Å². The number of carbonyl (C=O) groups is 2. The number of nitrogens with one attached hydrogen (secondary N) is 1. The molecule has 0 aromatic heterocycles. The molecule has 0 fully saturated rings. The smallest absolute Gasteiger partial charge is 0.307 e. The van der Waals surface area contributed by atoms with Crippen molar-refractivity contribution in [3.63, 3.8) is 0 Å². The van der Waals surface area contributed by atoms with Gasteiger partial charge in [-0.15, -0.1) is 0 Å². The lowest BCUT2D eigenvalue weighted by atomic mass is 10.00. The van der Waals surface area contributed by atoms with E-state index in [2.05, 4.69) is 5.32 Å². The zero-order chi connectivity index (χ0) is 15.7. The number of aliphatic hydroxyl groups excluding tert-OH is 1. The Hall–Kier alpha value is -1.72. The minimum Gasteiger partial charge on any atom is -0.466 e. The molecule has 1 unspecified atom stereocenters. The summed E-state index contributed by atoms with van der Waals surface area (Å²) in [6.45, 7) is 4.21. The van der Waals surface area contributed by atoms with E-state index in [9.17, 15) is 9.59 Å². The first-order chi connectivity index (χ1) is 10.1. The number of esters is 1. The second-order valence-electron chi connectivity index (χ2n) is 4.65. The van der Waals surface area contributed by atoms with Gasteiger partial charge in [0, 0.05) is 12.1 Å². The van der Waals surface area contributed by atoms with E-state index in [-0.39, 0.29) is 32.0 Å². The van der Waals surface area contributed by atoms with Crippen LogP contribution in [0.25, 0.3) is 0 Å². The van der Waals surface area contributed by atoms with E-state index < -0.39 is 12.0 Å². The Morgan fingerprint density at radius 1 is 1.24 bits per heavy atom. The normalized spacial score (nSPS) is 12.0. The second kappa shape index (κ2) is 9.26. The number of Topliss-reactive ketones (excluding diaryl/α,β-unsaturated/α-hetero) is 1. The van der Waals surface area contributed by atoms with Crippen LogP contribution in [0.15, 0.2) is 24.3 Å². The van der Waals surface area contributed by atoms with Crippen LogP contribution in [0.2, 0.25) is 0 Å². The number of carbonyl (C=O) groups excluding carboxylic acids is 2. The van der Waals surface area contributed by atoms with Crippen molar-refractivity contribution in [1.29, 1.82) is 0 Å². The fourth-order valence-electron chi connectivity index (χ4n) is 1.99. The summed E-state index contributed by atoms with van der Waals surface area (Å²) in [5, 5.41) is 11.8. The Morgan fingerprint density at radius 3 is 2.43 bits per heavy atom. The van der Waals surface area contributed by atoms with Gasteiger partial charge < -0.3 is 15.2 Å². The van der Waals surface area contributed by atoms with Crippen molar-refractivity contribution in [2.75, 3.05) is 19.8 Å². The van der Waals surface area contributed by atoms with E-state index in [0.29, 0.717) is 5.56 Å². The molecule has 1 aromatic rings. The lowest BCUT2D eigenvalue weighted by Gasteiger charge is -2.16. The van der Waals surface area contributed by atoms with Gasteiger partial charge in [-0.2, -0.15) is 0 Å². The molecule has 2 N–H and O–H groups in total. The zero-order valence-corrected chi connectivity index (χ0v) is 12.6. The van der Waals surface area contributed by atoms with Gasteiger partial charge in [0.1, 0.15) is 0 Å². The van der Waals surface area contributed by atoms with Crippen molar-refractivity contribution in [2.45, 2.75) is 32.7 Å². The predicted octanol–water partition coefficient (Wildman–Crippen LogP) is 1.34. The topological polar surface area (TPSA) is 75.6 Å². The molecule has 21 heavy (non-hydrogen) atoms. The summed E-state index contributed by atoms with van der Waals surface area (Å²) in [5.74, 6) is -0.592. The molecule has 0 radical (unpaired) electrons. The molecule has 1 atom stereocenters. The van der Waals surface area contributed by atoms with Crippen LogP contribution in [0.5, 0.6) is 0 Å². The van der Waals surface area contributed by atoms with Crippen molar-refractivity contribution < 1.29 is 19.4 Å². The third kappa shape index (κ3) is 5.65. The average molecular weight is 293 g/mol. The third-order valence-corrected chi connectivity index (χ3v) is 3.14. The number of hydrogen-bond donors (Lipinski definition) is 2. The molecule has 116 valence electrons. The van der Waals surface area contributed by atoms with E-state index in [1.165, 1.54) is 0 Å². The fourth-order valence-corrected chi connectivity index (χ4v) is 1.99. The summed E-state index contributed by atoms with van der Waals surface area (Å²) in [6.07, 6.45) is 0.867. The van der Waals surface area contributed by atoms with E-state index >= 15 is 0 Å². The zero-order valence-electron chi connectivity index (χ0n) is 12.6. The molecule has 5 heteroatoms. The molecule has 0 aliphatic heterocycles. The number of aryl methyl sites for hydroxylation is 1. The first kappa shape index (κ1) is 17.3. The lowest BCUT2D eigenvalue weighted by Crippen LogP contribution is -2.40. The van der Waals surface area contributed by atoms with Crippen LogP contribution in [0.3, 0.4) is 0 Å². The van der Waals surface area contributed by atoms with Crippen molar-refractivity contribution >= 4 is 11.8 Å². The van der Waals surface area contributed by atoms with Crippen molar-refractivity contribution in [3.05, 3.63) is 35.4 Å². The molecule has 1 rings (SSSR count).